The number of hydrogen-bond acceptors (Lipinski definition) is 2. The number of nitrogens with zero attached hydrogens (tertiary/aromatic N) is 1. The number of pyridine rings is 1. The Labute approximate surface area is 177 Å². The van der Waals surface area contributed by atoms with Gasteiger partial charge in [-0.1, -0.05) is 41.4 Å². The number of halogens is 4. The highest BCUT2D eigenvalue weighted by Crippen LogP contribution is 2.34. The van der Waals surface area contributed by atoms with Crippen LogP contribution in [0.3, 0.4) is 0 Å². The molecule has 1 aromatic carbocycles. The van der Waals surface area contributed by atoms with E-state index in [0.717, 1.165) is 12.6 Å². The van der Waals surface area contributed by atoms with Crippen molar-refractivity contribution in [3.05, 3.63) is 75.0 Å². The normalized spacial score (nSPS) is 11.8. The highest BCUT2D eigenvalue weighted by Gasteiger charge is 2.28. The average molecular weight is 441 g/mol. The van der Waals surface area contributed by atoms with E-state index < -0.39 is 5.92 Å². The summed E-state index contributed by atoms with van der Waals surface area (Å²) in [5.41, 5.74) is 1.99. The summed E-state index contributed by atoms with van der Waals surface area (Å²) in [4.78, 5) is 12.9. The smallest absolute Gasteiger partial charge is 0.271 e. The van der Waals surface area contributed by atoms with Crippen molar-refractivity contribution in [3.63, 3.8) is 0 Å². The number of benzene rings is 1. The molecule has 29 heavy (non-hydrogen) atoms. The first-order valence-electron chi connectivity index (χ1n) is 8.95. The fraction of sp³-hybridized carbons (Fsp3) is 0.286. The standard InChI is InChI=1S/C21H20Cl2F2N2O2/c1-21(24,25)16-6-3-5-13(18(16)23)12-26-20(28)15-11-14(8-10-29-2)27-9-4-7-17(22)19(15)27/h3-7,9,11H,8,10,12H2,1-2H3,(H,26,28). The van der Waals surface area contributed by atoms with Gasteiger partial charge in [-0.2, -0.15) is 0 Å². The average Bonchev–Trinajstić information content (AvgIpc) is 3.04. The van der Waals surface area contributed by atoms with Gasteiger partial charge in [0.15, 0.2) is 0 Å². The molecule has 0 saturated carbocycles. The van der Waals surface area contributed by atoms with E-state index in [-0.39, 0.29) is 23.0 Å². The molecule has 4 nitrogen and oxygen atoms in total. The van der Waals surface area contributed by atoms with Gasteiger partial charge in [-0.25, -0.2) is 8.78 Å². The van der Waals surface area contributed by atoms with Crippen LogP contribution in [0.4, 0.5) is 8.78 Å². The molecule has 0 aliphatic heterocycles. The number of hydrogen-bond donors (Lipinski definition) is 1. The molecule has 2 heterocycles. The van der Waals surface area contributed by atoms with E-state index in [1.807, 2.05) is 10.6 Å². The van der Waals surface area contributed by atoms with Gasteiger partial charge in [0.05, 0.1) is 27.7 Å². The van der Waals surface area contributed by atoms with Crippen LogP contribution in [0, 0.1) is 0 Å². The van der Waals surface area contributed by atoms with Crippen molar-refractivity contribution >= 4 is 34.6 Å². The Balaban J connectivity index is 1.88. The molecule has 0 radical (unpaired) electrons. The van der Waals surface area contributed by atoms with Gasteiger partial charge in [0.2, 0.25) is 0 Å². The Morgan fingerprint density at radius 1 is 1.24 bits per heavy atom. The lowest BCUT2D eigenvalue weighted by atomic mass is 10.1. The molecule has 8 heteroatoms. The largest absolute Gasteiger partial charge is 0.384 e. The summed E-state index contributed by atoms with van der Waals surface area (Å²) >= 11 is 12.5. The molecule has 0 fully saturated rings. The maximum Gasteiger partial charge on any atom is 0.271 e. The van der Waals surface area contributed by atoms with Crippen LogP contribution in [0.15, 0.2) is 42.6 Å². The molecule has 0 aliphatic carbocycles. The van der Waals surface area contributed by atoms with Crippen molar-refractivity contribution in [1.29, 1.82) is 0 Å². The molecule has 154 valence electrons. The minimum atomic E-state index is -3.07. The minimum absolute atomic E-state index is 0.0107. The third-order valence-corrected chi connectivity index (χ3v) is 5.37. The Kier molecular flexibility index (Phi) is 6.46. The van der Waals surface area contributed by atoms with E-state index in [2.05, 4.69) is 5.32 Å². The van der Waals surface area contributed by atoms with Crippen molar-refractivity contribution in [3.8, 4) is 0 Å². The third kappa shape index (κ3) is 4.55. The lowest BCUT2D eigenvalue weighted by Gasteiger charge is -2.15. The fourth-order valence-corrected chi connectivity index (χ4v) is 3.81. The van der Waals surface area contributed by atoms with Gasteiger partial charge in [-0.3, -0.25) is 4.79 Å². The van der Waals surface area contributed by atoms with Gasteiger partial charge in [-0.05, 0) is 23.8 Å². The summed E-state index contributed by atoms with van der Waals surface area (Å²) in [5, 5.41) is 3.13. The Morgan fingerprint density at radius 2 is 2.00 bits per heavy atom. The zero-order valence-electron chi connectivity index (χ0n) is 15.9. The van der Waals surface area contributed by atoms with Crippen LogP contribution < -0.4 is 5.32 Å². The Hall–Kier alpha value is -2.15. The van der Waals surface area contributed by atoms with Crippen LogP contribution >= 0.6 is 23.2 Å². The number of nitrogens with one attached hydrogen (secondary N) is 1. The first-order chi connectivity index (χ1) is 13.7. The molecule has 2 aromatic heterocycles. The number of methoxy groups -OCH3 is 1. The van der Waals surface area contributed by atoms with E-state index in [4.69, 9.17) is 27.9 Å². The molecule has 0 spiro atoms. The zero-order valence-corrected chi connectivity index (χ0v) is 17.5. The van der Waals surface area contributed by atoms with E-state index in [9.17, 15) is 13.6 Å². The monoisotopic (exact) mass is 440 g/mol. The number of fused-ring (bicyclic) bond motifs is 1. The van der Waals surface area contributed by atoms with E-state index >= 15 is 0 Å². The summed E-state index contributed by atoms with van der Waals surface area (Å²) < 4.78 is 34.3. The number of carbonyl (C=O) groups excluding carboxylic acids is 1. The maximum absolute atomic E-state index is 13.7. The number of ether oxygens (including phenoxy) is 1. The van der Waals surface area contributed by atoms with Crippen LogP contribution in [0.5, 0.6) is 0 Å². The van der Waals surface area contributed by atoms with Crippen LogP contribution in [0.25, 0.3) is 5.52 Å². The van der Waals surface area contributed by atoms with Crippen molar-refractivity contribution in [2.75, 3.05) is 13.7 Å². The number of alkyl halides is 2. The van der Waals surface area contributed by atoms with Crippen LogP contribution in [0.1, 0.15) is 34.1 Å². The van der Waals surface area contributed by atoms with Crippen LogP contribution in [-0.2, 0) is 23.6 Å². The fourth-order valence-electron chi connectivity index (χ4n) is 3.18. The summed E-state index contributed by atoms with van der Waals surface area (Å²) in [6.07, 6.45) is 2.43. The summed E-state index contributed by atoms with van der Waals surface area (Å²) in [6, 6.07) is 9.63. The lowest BCUT2D eigenvalue weighted by molar-refractivity contribution is 0.0175. The van der Waals surface area contributed by atoms with Gasteiger partial charge in [0.1, 0.15) is 0 Å². The Morgan fingerprint density at radius 3 is 2.69 bits per heavy atom. The molecule has 3 aromatic rings. The number of carbonyl (C=O) groups is 1. The molecule has 3 rings (SSSR count). The van der Waals surface area contributed by atoms with Gasteiger partial charge in [-0.15, -0.1) is 0 Å². The predicted octanol–water partition coefficient (Wildman–Crippen LogP) is 5.48. The molecular weight excluding hydrogens is 421 g/mol. The topological polar surface area (TPSA) is 42.7 Å². The van der Waals surface area contributed by atoms with Crippen LogP contribution in [0.2, 0.25) is 10.0 Å². The highest BCUT2D eigenvalue weighted by atomic mass is 35.5. The van der Waals surface area contributed by atoms with E-state index in [0.29, 0.717) is 34.7 Å². The van der Waals surface area contributed by atoms with Gasteiger partial charge in [0.25, 0.3) is 11.8 Å². The summed E-state index contributed by atoms with van der Waals surface area (Å²) in [6.45, 7) is 1.29. The number of aromatic nitrogens is 1. The van der Waals surface area contributed by atoms with Crippen molar-refractivity contribution in [2.45, 2.75) is 25.8 Å². The third-order valence-electron chi connectivity index (χ3n) is 4.62. The van der Waals surface area contributed by atoms with Crippen molar-refractivity contribution < 1.29 is 18.3 Å². The van der Waals surface area contributed by atoms with Gasteiger partial charge >= 0.3 is 0 Å². The molecule has 0 saturated heterocycles. The van der Waals surface area contributed by atoms with Gasteiger partial charge < -0.3 is 14.5 Å². The molecule has 1 amide bonds. The van der Waals surface area contributed by atoms with E-state index in [1.54, 1.807) is 31.4 Å². The summed E-state index contributed by atoms with van der Waals surface area (Å²) in [7, 11) is 1.61. The lowest BCUT2D eigenvalue weighted by Crippen LogP contribution is -2.23. The minimum Gasteiger partial charge on any atom is -0.384 e. The molecule has 0 bridgehead atoms. The highest BCUT2D eigenvalue weighted by molar-refractivity contribution is 6.35. The SMILES string of the molecule is COCCc1cc(C(=O)NCc2cccc(C(C)(F)F)c2Cl)c2c(Cl)cccn12. The first-order valence-corrected chi connectivity index (χ1v) is 9.71. The quantitative estimate of drug-likeness (QED) is 0.528. The molecule has 1 N–H and O–H groups in total. The van der Waals surface area contributed by atoms with Crippen molar-refractivity contribution in [2.24, 2.45) is 0 Å². The van der Waals surface area contributed by atoms with Crippen molar-refractivity contribution in [1.82, 2.24) is 9.72 Å². The molecular formula is C21H20Cl2F2N2O2. The van der Waals surface area contributed by atoms with E-state index in [1.165, 1.54) is 12.1 Å². The Bertz CT molecular complexity index is 1050. The van der Waals surface area contributed by atoms with Crippen LogP contribution in [-0.4, -0.2) is 24.0 Å². The predicted molar refractivity (Wildman–Crippen MR) is 110 cm³/mol. The second-order valence-electron chi connectivity index (χ2n) is 6.72. The molecule has 0 atom stereocenters. The molecule has 0 unspecified atom stereocenters. The zero-order chi connectivity index (χ0) is 21.2. The second kappa shape index (κ2) is 8.69. The maximum atomic E-state index is 13.7. The first kappa shape index (κ1) is 21.6. The number of amides is 1. The number of rotatable bonds is 7. The molecule has 0 aliphatic rings. The summed E-state index contributed by atoms with van der Waals surface area (Å²) in [5.74, 6) is -3.44. The second-order valence-corrected chi connectivity index (χ2v) is 7.50. The van der Waals surface area contributed by atoms with Gasteiger partial charge in [0, 0.05) is 44.5 Å².